The molecule has 1 N–H and O–H groups in total. The molecule has 0 saturated carbocycles. The van der Waals surface area contributed by atoms with Crippen LogP contribution in [-0.4, -0.2) is 59.7 Å². The molecule has 2 rings (SSSR count). The maximum Gasteiger partial charge on any atom is 0.323 e. The van der Waals surface area contributed by atoms with Crippen molar-refractivity contribution < 1.29 is 9.59 Å². The van der Waals surface area contributed by atoms with E-state index in [0.717, 1.165) is 0 Å². The van der Waals surface area contributed by atoms with Crippen LogP contribution in [0.25, 0.3) is 0 Å². The van der Waals surface area contributed by atoms with Gasteiger partial charge in [0.2, 0.25) is 0 Å². The standard InChI is InChI=1S/C8H14N4O2/c1-4-12-6-5(9-7(12)13)10(2)8(14)11(6)3/h5-6H,4H2,1-3H3,(H,9,13). The highest BCUT2D eigenvalue weighted by Gasteiger charge is 2.51. The third-order valence-corrected chi connectivity index (χ3v) is 2.89. The minimum Gasteiger partial charge on any atom is -0.314 e. The van der Waals surface area contributed by atoms with Gasteiger partial charge in [-0.25, -0.2) is 9.59 Å². The van der Waals surface area contributed by atoms with Crippen molar-refractivity contribution in [1.29, 1.82) is 0 Å². The highest BCUT2D eigenvalue weighted by molar-refractivity contribution is 5.84. The van der Waals surface area contributed by atoms with Crippen LogP contribution in [0.4, 0.5) is 9.59 Å². The number of carbonyl (C=O) groups is 2. The summed E-state index contributed by atoms with van der Waals surface area (Å²) in [7, 11) is 3.41. The first-order valence-corrected chi connectivity index (χ1v) is 4.64. The molecular weight excluding hydrogens is 184 g/mol. The number of hydrogen-bond donors (Lipinski definition) is 1. The first kappa shape index (κ1) is 9.11. The second kappa shape index (κ2) is 2.76. The number of hydrogen-bond acceptors (Lipinski definition) is 2. The van der Waals surface area contributed by atoms with Crippen molar-refractivity contribution in [2.24, 2.45) is 0 Å². The van der Waals surface area contributed by atoms with Crippen LogP contribution in [-0.2, 0) is 0 Å². The van der Waals surface area contributed by atoms with Crippen molar-refractivity contribution >= 4 is 12.1 Å². The number of fused-ring (bicyclic) bond motifs is 1. The van der Waals surface area contributed by atoms with E-state index < -0.39 is 0 Å². The molecule has 0 spiro atoms. The lowest BCUT2D eigenvalue weighted by Crippen LogP contribution is -2.44. The van der Waals surface area contributed by atoms with Crippen molar-refractivity contribution in [2.45, 2.75) is 19.3 Å². The third-order valence-electron chi connectivity index (χ3n) is 2.89. The van der Waals surface area contributed by atoms with Crippen LogP contribution < -0.4 is 5.32 Å². The van der Waals surface area contributed by atoms with Gasteiger partial charge in [0.05, 0.1) is 0 Å². The molecule has 2 atom stereocenters. The number of urea groups is 2. The number of amides is 4. The Labute approximate surface area is 82.4 Å². The van der Waals surface area contributed by atoms with Crippen LogP contribution in [0.3, 0.4) is 0 Å². The number of likely N-dealkylation sites (N-methyl/N-ethyl adjacent to an activating group) is 3. The summed E-state index contributed by atoms with van der Waals surface area (Å²) < 4.78 is 0. The Morgan fingerprint density at radius 3 is 2.50 bits per heavy atom. The van der Waals surface area contributed by atoms with Crippen LogP contribution in [0.15, 0.2) is 0 Å². The van der Waals surface area contributed by atoms with Gasteiger partial charge >= 0.3 is 12.1 Å². The Morgan fingerprint density at radius 1 is 1.29 bits per heavy atom. The zero-order chi connectivity index (χ0) is 10.5. The predicted octanol–water partition coefficient (Wildman–Crippen LogP) is -0.319. The average Bonchev–Trinajstić information content (AvgIpc) is 2.59. The zero-order valence-electron chi connectivity index (χ0n) is 8.52. The van der Waals surface area contributed by atoms with Gasteiger partial charge in [-0.1, -0.05) is 0 Å². The highest BCUT2D eigenvalue weighted by Crippen LogP contribution is 2.25. The van der Waals surface area contributed by atoms with E-state index in [2.05, 4.69) is 5.32 Å². The Bertz CT molecular complexity index is 293. The van der Waals surface area contributed by atoms with Crippen molar-refractivity contribution in [3.63, 3.8) is 0 Å². The van der Waals surface area contributed by atoms with E-state index in [0.29, 0.717) is 6.54 Å². The summed E-state index contributed by atoms with van der Waals surface area (Å²) in [6, 6.07) is -0.160. The van der Waals surface area contributed by atoms with E-state index in [1.807, 2.05) is 6.92 Å². The number of nitrogens with zero attached hydrogens (tertiary/aromatic N) is 3. The molecule has 6 nitrogen and oxygen atoms in total. The van der Waals surface area contributed by atoms with Gasteiger partial charge in [0, 0.05) is 20.6 Å². The lowest BCUT2D eigenvalue weighted by molar-refractivity contribution is 0.149. The molecule has 78 valence electrons. The van der Waals surface area contributed by atoms with Gasteiger partial charge in [-0.3, -0.25) is 0 Å². The molecule has 2 heterocycles. The number of rotatable bonds is 1. The molecular formula is C8H14N4O2. The van der Waals surface area contributed by atoms with Gasteiger partial charge in [-0.2, -0.15) is 0 Å². The van der Waals surface area contributed by atoms with Crippen LogP contribution >= 0.6 is 0 Å². The fourth-order valence-corrected chi connectivity index (χ4v) is 2.10. The molecule has 2 unspecified atom stereocenters. The lowest BCUT2D eigenvalue weighted by atomic mass is 10.4. The quantitative estimate of drug-likeness (QED) is 0.628. The fraction of sp³-hybridized carbons (Fsp3) is 0.750. The monoisotopic (exact) mass is 198 g/mol. The Morgan fingerprint density at radius 2 is 1.93 bits per heavy atom. The zero-order valence-corrected chi connectivity index (χ0v) is 8.52. The van der Waals surface area contributed by atoms with Crippen molar-refractivity contribution in [3.8, 4) is 0 Å². The van der Waals surface area contributed by atoms with Gasteiger partial charge in [0.1, 0.15) is 12.3 Å². The smallest absolute Gasteiger partial charge is 0.314 e. The molecule has 2 aliphatic heterocycles. The molecule has 2 aliphatic rings. The Hall–Kier alpha value is -1.46. The summed E-state index contributed by atoms with van der Waals surface area (Å²) >= 11 is 0. The lowest BCUT2D eigenvalue weighted by Gasteiger charge is -2.24. The van der Waals surface area contributed by atoms with E-state index in [1.54, 1.807) is 28.8 Å². The second-order valence-electron chi connectivity index (χ2n) is 3.60. The molecule has 0 aliphatic carbocycles. The molecule has 2 fully saturated rings. The maximum atomic E-state index is 11.6. The summed E-state index contributed by atoms with van der Waals surface area (Å²) in [5, 5.41) is 2.78. The summed E-state index contributed by atoms with van der Waals surface area (Å²) in [5.41, 5.74) is 0. The van der Waals surface area contributed by atoms with Crippen molar-refractivity contribution in [2.75, 3.05) is 20.6 Å². The normalized spacial score (nSPS) is 31.2. The fourth-order valence-electron chi connectivity index (χ4n) is 2.10. The number of carbonyl (C=O) groups excluding carboxylic acids is 2. The van der Waals surface area contributed by atoms with Gasteiger partial charge in [0.25, 0.3) is 0 Å². The summed E-state index contributed by atoms with van der Waals surface area (Å²) in [6.45, 7) is 2.51. The molecule has 0 bridgehead atoms. The molecule has 0 radical (unpaired) electrons. The minimum absolute atomic E-state index is 0.0570. The molecule has 2 saturated heterocycles. The molecule has 14 heavy (non-hydrogen) atoms. The molecule has 0 aromatic heterocycles. The van der Waals surface area contributed by atoms with Gasteiger partial charge < -0.3 is 20.0 Å². The van der Waals surface area contributed by atoms with Crippen LogP contribution in [0.5, 0.6) is 0 Å². The SMILES string of the molecule is CCN1C(=O)NC2C1N(C)C(=O)N2C. The summed E-state index contributed by atoms with van der Waals surface area (Å²) in [5.74, 6) is 0. The third kappa shape index (κ3) is 0.906. The van der Waals surface area contributed by atoms with Gasteiger partial charge in [-0.05, 0) is 6.92 Å². The Balaban J connectivity index is 2.30. The average molecular weight is 198 g/mol. The van der Waals surface area contributed by atoms with Gasteiger partial charge in [-0.15, -0.1) is 0 Å². The summed E-state index contributed by atoms with van der Waals surface area (Å²) in [4.78, 5) is 27.8. The molecule has 4 amide bonds. The first-order valence-electron chi connectivity index (χ1n) is 4.64. The predicted molar refractivity (Wildman–Crippen MR) is 49.4 cm³/mol. The van der Waals surface area contributed by atoms with Crippen LogP contribution in [0.1, 0.15) is 6.92 Å². The van der Waals surface area contributed by atoms with E-state index in [4.69, 9.17) is 0 Å². The molecule has 6 heteroatoms. The van der Waals surface area contributed by atoms with Gasteiger partial charge in [0.15, 0.2) is 0 Å². The van der Waals surface area contributed by atoms with Crippen LogP contribution in [0, 0.1) is 0 Å². The van der Waals surface area contributed by atoms with E-state index in [-0.39, 0.29) is 24.4 Å². The van der Waals surface area contributed by atoms with E-state index >= 15 is 0 Å². The Kier molecular flexibility index (Phi) is 1.80. The molecule has 0 aromatic rings. The molecule has 0 aromatic carbocycles. The van der Waals surface area contributed by atoms with E-state index in [1.165, 1.54) is 0 Å². The maximum absolute atomic E-state index is 11.6. The minimum atomic E-state index is -0.208. The van der Waals surface area contributed by atoms with Crippen LogP contribution in [0.2, 0.25) is 0 Å². The largest absolute Gasteiger partial charge is 0.323 e. The second-order valence-corrected chi connectivity index (χ2v) is 3.60. The van der Waals surface area contributed by atoms with E-state index in [9.17, 15) is 9.59 Å². The first-order chi connectivity index (χ1) is 6.57. The number of nitrogens with one attached hydrogen (secondary N) is 1. The van der Waals surface area contributed by atoms with Crippen molar-refractivity contribution in [1.82, 2.24) is 20.0 Å². The summed E-state index contributed by atoms with van der Waals surface area (Å²) in [6.07, 6.45) is -0.370. The van der Waals surface area contributed by atoms with Crippen molar-refractivity contribution in [3.05, 3.63) is 0 Å². The highest BCUT2D eigenvalue weighted by atomic mass is 16.2. The topological polar surface area (TPSA) is 55.9 Å².